The van der Waals surface area contributed by atoms with E-state index in [0.717, 1.165) is 21.0 Å². The highest BCUT2D eigenvalue weighted by Gasteiger charge is 2.41. The Labute approximate surface area is 177 Å². The number of nitrogens with one attached hydrogen (secondary N) is 1. The highest BCUT2D eigenvalue weighted by atomic mass is 32.2. The second kappa shape index (κ2) is 8.18. The molecule has 1 aromatic heterocycles. The molecule has 0 radical (unpaired) electrons. The van der Waals surface area contributed by atoms with Gasteiger partial charge in [0.2, 0.25) is 11.8 Å². The maximum Gasteiger partial charge on any atom is 0.249 e. The molecule has 2 amide bonds. The quantitative estimate of drug-likeness (QED) is 0.487. The first-order valence-electron chi connectivity index (χ1n) is 8.94. The summed E-state index contributed by atoms with van der Waals surface area (Å²) in [7, 11) is 0. The minimum Gasteiger partial charge on any atom is -0.360 e. The van der Waals surface area contributed by atoms with Crippen molar-refractivity contribution in [3.63, 3.8) is 0 Å². The van der Waals surface area contributed by atoms with E-state index >= 15 is 0 Å². The SMILES string of the molecule is Cc1cc(N2C(=O)CC(Sc3ccc(NC(=S)c4ccccc4)cc3)C2=O)no1. The zero-order valence-corrected chi connectivity index (χ0v) is 17.1. The van der Waals surface area contributed by atoms with Gasteiger partial charge in [-0.15, -0.1) is 11.8 Å². The van der Waals surface area contributed by atoms with Gasteiger partial charge in [0.25, 0.3) is 0 Å². The second-order valence-electron chi connectivity index (χ2n) is 6.52. The normalized spacial score (nSPS) is 16.3. The van der Waals surface area contributed by atoms with Crippen molar-refractivity contribution in [1.29, 1.82) is 0 Å². The van der Waals surface area contributed by atoms with E-state index in [9.17, 15) is 9.59 Å². The minimum atomic E-state index is -0.483. The van der Waals surface area contributed by atoms with Crippen molar-refractivity contribution < 1.29 is 14.1 Å². The zero-order valence-electron chi connectivity index (χ0n) is 15.5. The molecule has 6 nitrogen and oxygen atoms in total. The molecule has 146 valence electrons. The fourth-order valence-electron chi connectivity index (χ4n) is 2.97. The number of thiocarbonyl (C=S) groups is 1. The summed E-state index contributed by atoms with van der Waals surface area (Å²) < 4.78 is 4.98. The summed E-state index contributed by atoms with van der Waals surface area (Å²) in [6.45, 7) is 1.72. The topological polar surface area (TPSA) is 75.4 Å². The molecule has 1 atom stereocenters. The van der Waals surface area contributed by atoms with Crippen LogP contribution < -0.4 is 10.2 Å². The number of aromatic nitrogens is 1. The van der Waals surface area contributed by atoms with Gasteiger partial charge in [0.1, 0.15) is 10.7 Å². The number of carbonyl (C=O) groups is 2. The summed E-state index contributed by atoms with van der Waals surface area (Å²) in [5, 5.41) is 6.50. The lowest BCUT2D eigenvalue weighted by Crippen LogP contribution is -2.31. The van der Waals surface area contributed by atoms with E-state index in [4.69, 9.17) is 16.7 Å². The number of imide groups is 1. The van der Waals surface area contributed by atoms with Crippen LogP contribution in [0.15, 0.2) is 70.1 Å². The average Bonchev–Trinajstić information content (AvgIpc) is 3.26. The van der Waals surface area contributed by atoms with Gasteiger partial charge in [-0.1, -0.05) is 47.7 Å². The van der Waals surface area contributed by atoms with E-state index in [0.29, 0.717) is 10.7 Å². The molecular weight excluding hydrogens is 406 g/mol. The summed E-state index contributed by atoms with van der Waals surface area (Å²) in [6.07, 6.45) is 0.132. The molecule has 8 heteroatoms. The highest BCUT2D eigenvalue weighted by molar-refractivity contribution is 8.00. The molecule has 1 fully saturated rings. The number of nitrogens with zero attached hydrogens (tertiary/aromatic N) is 2. The summed E-state index contributed by atoms with van der Waals surface area (Å²) in [4.78, 5) is 27.6. The van der Waals surface area contributed by atoms with Gasteiger partial charge in [-0.25, -0.2) is 4.90 Å². The van der Waals surface area contributed by atoms with Crippen LogP contribution in [0.3, 0.4) is 0 Å². The van der Waals surface area contributed by atoms with Gasteiger partial charge < -0.3 is 9.84 Å². The minimum absolute atomic E-state index is 0.132. The first-order valence-corrected chi connectivity index (χ1v) is 10.2. The van der Waals surface area contributed by atoms with Crippen molar-refractivity contribution in [2.45, 2.75) is 23.5 Å². The lowest BCUT2D eigenvalue weighted by Gasteiger charge is -2.12. The largest absolute Gasteiger partial charge is 0.360 e. The molecule has 0 spiro atoms. The van der Waals surface area contributed by atoms with Crippen LogP contribution in [0.25, 0.3) is 0 Å². The molecule has 1 unspecified atom stereocenters. The molecule has 1 N–H and O–H groups in total. The molecule has 1 aliphatic heterocycles. The van der Waals surface area contributed by atoms with Crippen LogP contribution >= 0.6 is 24.0 Å². The predicted octanol–water partition coefficient (Wildman–Crippen LogP) is 4.19. The van der Waals surface area contributed by atoms with Gasteiger partial charge in [-0.2, -0.15) is 0 Å². The molecule has 1 aliphatic rings. The number of hydrogen-bond donors (Lipinski definition) is 1. The molecule has 2 heterocycles. The number of hydrogen-bond acceptors (Lipinski definition) is 6. The molecular formula is C21H17N3O3S2. The Kier molecular flexibility index (Phi) is 5.46. The molecule has 2 aromatic carbocycles. The highest BCUT2D eigenvalue weighted by Crippen LogP contribution is 2.34. The monoisotopic (exact) mass is 423 g/mol. The number of anilines is 2. The fraction of sp³-hybridized carbons (Fsp3) is 0.143. The Balaban J connectivity index is 1.41. The summed E-state index contributed by atoms with van der Waals surface area (Å²) in [6, 6.07) is 18.9. The van der Waals surface area contributed by atoms with E-state index in [1.54, 1.807) is 13.0 Å². The number of thioether (sulfide) groups is 1. The van der Waals surface area contributed by atoms with E-state index in [1.807, 2.05) is 54.6 Å². The molecule has 0 aliphatic carbocycles. The fourth-order valence-corrected chi connectivity index (χ4v) is 4.28. The van der Waals surface area contributed by atoms with Crippen molar-refractivity contribution in [2.24, 2.45) is 0 Å². The Bertz CT molecular complexity index is 1060. The van der Waals surface area contributed by atoms with Crippen molar-refractivity contribution in [3.8, 4) is 0 Å². The van der Waals surface area contributed by atoms with Gasteiger partial charge in [0, 0.05) is 28.6 Å². The molecule has 0 saturated carbocycles. The predicted molar refractivity (Wildman–Crippen MR) is 116 cm³/mol. The molecule has 3 aromatic rings. The standard InChI is InChI=1S/C21H17N3O3S2/c1-13-11-18(23-27-13)24-19(25)12-17(21(24)26)29-16-9-7-15(8-10-16)22-20(28)14-5-3-2-4-6-14/h2-11,17H,12H2,1H3,(H,22,28). The zero-order chi connectivity index (χ0) is 20.4. The Morgan fingerprint density at radius 1 is 1.17 bits per heavy atom. The van der Waals surface area contributed by atoms with Gasteiger partial charge in [-0.05, 0) is 31.2 Å². The third kappa shape index (κ3) is 4.23. The average molecular weight is 424 g/mol. The number of carbonyl (C=O) groups excluding carboxylic acids is 2. The Hall–Kier alpha value is -2.97. The van der Waals surface area contributed by atoms with Crippen LogP contribution in [-0.4, -0.2) is 27.2 Å². The Morgan fingerprint density at radius 2 is 1.90 bits per heavy atom. The van der Waals surface area contributed by atoms with Gasteiger partial charge >= 0.3 is 0 Å². The second-order valence-corrected chi connectivity index (χ2v) is 8.20. The lowest BCUT2D eigenvalue weighted by molar-refractivity contribution is -0.121. The van der Waals surface area contributed by atoms with E-state index in [1.165, 1.54) is 11.8 Å². The number of benzene rings is 2. The van der Waals surface area contributed by atoms with E-state index in [-0.39, 0.29) is 24.1 Å². The van der Waals surface area contributed by atoms with Crippen molar-refractivity contribution >= 4 is 52.3 Å². The van der Waals surface area contributed by atoms with Crippen molar-refractivity contribution in [3.05, 3.63) is 72.0 Å². The van der Waals surface area contributed by atoms with Crippen LogP contribution in [0.2, 0.25) is 0 Å². The number of amides is 2. The Morgan fingerprint density at radius 3 is 2.55 bits per heavy atom. The van der Waals surface area contributed by atoms with Crippen LogP contribution in [0.1, 0.15) is 17.7 Å². The van der Waals surface area contributed by atoms with Crippen LogP contribution in [-0.2, 0) is 9.59 Å². The van der Waals surface area contributed by atoms with E-state index in [2.05, 4.69) is 10.5 Å². The lowest BCUT2D eigenvalue weighted by atomic mass is 10.2. The number of rotatable bonds is 5. The summed E-state index contributed by atoms with van der Waals surface area (Å²) in [5.41, 5.74) is 1.80. The van der Waals surface area contributed by atoms with Gasteiger partial charge in [0.15, 0.2) is 5.82 Å². The van der Waals surface area contributed by atoms with Crippen LogP contribution in [0.4, 0.5) is 11.5 Å². The number of aryl methyl sites for hydroxylation is 1. The first kappa shape index (κ1) is 19.4. The van der Waals surface area contributed by atoms with Gasteiger partial charge in [-0.3, -0.25) is 9.59 Å². The third-order valence-corrected chi connectivity index (χ3v) is 5.91. The molecule has 0 bridgehead atoms. The van der Waals surface area contributed by atoms with Crippen LogP contribution in [0.5, 0.6) is 0 Å². The maximum absolute atomic E-state index is 12.7. The maximum atomic E-state index is 12.7. The third-order valence-electron chi connectivity index (χ3n) is 4.38. The van der Waals surface area contributed by atoms with Gasteiger partial charge in [0.05, 0.1) is 5.25 Å². The van der Waals surface area contributed by atoms with Crippen LogP contribution in [0, 0.1) is 6.92 Å². The molecule has 4 rings (SSSR count). The smallest absolute Gasteiger partial charge is 0.249 e. The molecule has 29 heavy (non-hydrogen) atoms. The van der Waals surface area contributed by atoms with E-state index < -0.39 is 5.25 Å². The molecule has 1 saturated heterocycles. The first-order chi connectivity index (χ1) is 14.0. The van der Waals surface area contributed by atoms with Crippen molar-refractivity contribution in [1.82, 2.24) is 5.16 Å². The van der Waals surface area contributed by atoms with Crippen molar-refractivity contribution in [2.75, 3.05) is 10.2 Å². The summed E-state index contributed by atoms with van der Waals surface area (Å²) in [5.74, 6) is 0.246. The summed E-state index contributed by atoms with van der Waals surface area (Å²) >= 11 is 6.78.